The Hall–Kier alpha value is -2.74. The van der Waals surface area contributed by atoms with E-state index in [-0.39, 0.29) is 28.9 Å². The quantitative estimate of drug-likeness (QED) is 0.324. The van der Waals surface area contributed by atoms with Crippen molar-refractivity contribution in [1.29, 1.82) is 0 Å². The van der Waals surface area contributed by atoms with Crippen molar-refractivity contribution in [2.75, 3.05) is 6.61 Å². The first-order valence-corrected chi connectivity index (χ1v) is 9.34. The minimum absolute atomic E-state index is 0.0203. The van der Waals surface area contributed by atoms with Crippen LogP contribution in [0.25, 0.3) is 0 Å². The van der Waals surface area contributed by atoms with Crippen LogP contribution in [-0.2, 0) is 33.4 Å². The van der Waals surface area contributed by atoms with Crippen molar-refractivity contribution >= 4 is 23.7 Å². The fourth-order valence-electron chi connectivity index (χ4n) is 3.19. The molecule has 2 rings (SSSR count). The average Bonchev–Trinajstić information content (AvgIpc) is 2.94. The number of hydrogen-bond acceptors (Lipinski definition) is 8. The van der Waals surface area contributed by atoms with Crippen LogP contribution in [0, 0.1) is 5.92 Å². The van der Waals surface area contributed by atoms with Crippen LogP contribution in [0.1, 0.15) is 40.5 Å². The summed E-state index contributed by atoms with van der Waals surface area (Å²) in [6.07, 6.45) is -1.40. The Morgan fingerprint density at radius 3 is 2.52 bits per heavy atom. The predicted octanol–water partition coefficient (Wildman–Crippen LogP) is 1.57. The second kappa shape index (κ2) is 9.17. The maximum atomic E-state index is 12.5. The number of ether oxygens (including phenoxy) is 3. The van der Waals surface area contributed by atoms with Gasteiger partial charge in [-0.1, -0.05) is 19.1 Å². The summed E-state index contributed by atoms with van der Waals surface area (Å²) >= 11 is 0. The highest BCUT2D eigenvalue weighted by molar-refractivity contribution is 5.94. The first-order valence-electron chi connectivity index (χ1n) is 9.34. The Kier molecular flexibility index (Phi) is 7.13. The molecule has 29 heavy (non-hydrogen) atoms. The third kappa shape index (κ3) is 5.20. The van der Waals surface area contributed by atoms with Gasteiger partial charge >= 0.3 is 17.9 Å². The standard InChI is InChI=1S/C21H26O8/c1-10(2)20(25)29-19-17-14(9-27-13(5)22)21(26)28-16(17)8-11(3)6-7-15(23)12(4)18(19)24/h8,12,16,18-19,24H,1,6-7,9H2,2-5H3/b11-8+/t12-,16-,18-,19-/m1/s1. The number of aliphatic hydroxyl groups is 1. The Balaban J connectivity index is 2.63. The number of Topliss-reactive ketones (excluding diaryl/α,β-unsaturated/α-hetero) is 1. The molecule has 0 aromatic rings. The minimum atomic E-state index is -1.42. The van der Waals surface area contributed by atoms with Crippen LogP contribution in [0.2, 0.25) is 0 Å². The van der Waals surface area contributed by atoms with Gasteiger partial charge in [0.15, 0.2) is 6.10 Å². The van der Waals surface area contributed by atoms with E-state index in [9.17, 15) is 24.3 Å². The molecule has 0 aromatic heterocycles. The lowest BCUT2D eigenvalue weighted by atomic mass is 9.84. The van der Waals surface area contributed by atoms with Crippen molar-refractivity contribution in [3.8, 4) is 0 Å². The summed E-state index contributed by atoms with van der Waals surface area (Å²) in [4.78, 5) is 48.4. The molecule has 0 spiro atoms. The molecule has 158 valence electrons. The van der Waals surface area contributed by atoms with Crippen LogP contribution < -0.4 is 0 Å². The van der Waals surface area contributed by atoms with E-state index >= 15 is 0 Å². The van der Waals surface area contributed by atoms with Gasteiger partial charge in [-0.2, -0.15) is 0 Å². The van der Waals surface area contributed by atoms with E-state index in [1.165, 1.54) is 20.8 Å². The number of carbonyl (C=O) groups excluding carboxylic acids is 4. The van der Waals surface area contributed by atoms with Crippen molar-refractivity contribution in [1.82, 2.24) is 0 Å². The molecule has 0 amide bonds. The van der Waals surface area contributed by atoms with E-state index in [0.29, 0.717) is 6.42 Å². The number of ketones is 1. The molecule has 0 fully saturated rings. The largest absolute Gasteiger partial charge is 0.461 e. The zero-order chi connectivity index (χ0) is 21.9. The van der Waals surface area contributed by atoms with E-state index in [1.807, 2.05) is 0 Å². The first-order chi connectivity index (χ1) is 13.5. The third-order valence-electron chi connectivity index (χ3n) is 4.98. The van der Waals surface area contributed by atoms with Crippen LogP contribution >= 0.6 is 0 Å². The molecule has 0 aromatic carbocycles. The molecule has 8 heteroatoms. The molecule has 1 aliphatic carbocycles. The summed E-state index contributed by atoms with van der Waals surface area (Å²) in [6.45, 7) is 9.08. The lowest BCUT2D eigenvalue weighted by Crippen LogP contribution is -2.43. The summed E-state index contributed by atoms with van der Waals surface area (Å²) in [6, 6.07) is 0. The number of rotatable bonds is 4. The van der Waals surface area contributed by atoms with Crippen LogP contribution in [-0.4, -0.2) is 53.7 Å². The zero-order valence-corrected chi connectivity index (χ0v) is 17.0. The lowest BCUT2D eigenvalue weighted by molar-refractivity contribution is -0.152. The maximum Gasteiger partial charge on any atom is 0.338 e. The molecule has 1 aliphatic heterocycles. The molecule has 1 N–H and O–H groups in total. The fraction of sp³-hybridized carbons (Fsp3) is 0.524. The Morgan fingerprint density at radius 2 is 1.93 bits per heavy atom. The second-order valence-electron chi connectivity index (χ2n) is 7.40. The van der Waals surface area contributed by atoms with E-state index in [1.54, 1.807) is 13.0 Å². The number of esters is 3. The number of carbonyl (C=O) groups is 4. The van der Waals surface area contributed by atoms with Crippen molar-refractivity contribution in [3.63, 3.8) is 0 Å². The molecule has 0 saturated carbocycles. The minimum Gasteiger partial charge on any atom is -0.461 e. The predicted molar refractivity (Wildman–Crippen MR) is 101 cm³/mol. The van der Waals surface area contributed by atoms with Gasteiger partial charge in [-0.15, -0.1) is 0 Å². The topological polar surface area (TPSA) is 116 Å². The first kappa shape index (κ1) is 22.5. The SMILES string of the molecule is C=C(C)C(=O)O[C@@H]1C2=C(COC(C)=O)C(=O)O[C@@H]2/C=C(\C)CCC(=O)[C@@H](C)[C@H]1O. The monoisotopic (exact) mass is 406 g/mol. The summed E-state index contributed by atoms with van der Waals surface area (Å²) in [5.74, 6) is -3.20. The number of aliphatic hydroxyl groups excluding tert-OH is 1. The molecule has 0 bridgehead atoms. The molecule has 2 aliphatic rings. The van der Waals surface area contributed by atoms with Gasteiger partial charge in [0, 0.05) is 30.4 Å². The van der Waals surface area contributed by atoms with E-state index in [2.05, 4.69) is 6.58 Å². The molecule has 0 saturated heterocycles. The van der Waals surface area contributed by atoms with Gasteiger partial charge in [0.1, 0.15) is 24.6 Å². The third-order valence-corrected chi connectivity index (χ3v) is 4.98. The number of hydrogen-bond donors (Lipinski definition) is 1. The molecular formula is C21H26O8. The van der Waals surface area contributed by atoms with Gasteiger partial charge in [0.25, 0.3) is 0 Å². The highest BCUT2D eigenvalue weighted by Gasteiger charge is 2.45. The van der Waals surface area contributed by atoms with E-state index in [4.69, 9.17) is 14.2 Å². The Labute approximate surface area is 169 Å². The van der Waals surface area contributed by atoms with Crippen molar-refractivity contribution in [2.45, 2.75) is 58.8 Å². The van der Waals surface area contributed by atoms with Gasteiger partial charge in [-0.05, 0) is 26.3 Å². The Morgan fingerprint density at radius 1 is 1.28 bits per heavy atom. The van der Waals surface area contributed by atoms with Crippen LogP contribution in [0.15, 0.2) is 34.9 Å². The fourth-order valence-corrected chi connectivity index (χ4v) is 3.19. The lowest BCUT2D eigenvalue weighted by Gasteiger charge is -2.30. The molecule has 0 radical (unpaired) electrons. The zero-order valence-electron chi connectivity index (χ0n) is 17.0. The van der Waals surface area contributed by atoms with Crippen molar-refractivity contribution in [3.05, 3.63) is 34.9 Å². The van der Waals surface area contributed by atoms with Gasteiger partial charge in [0.05, 0.1) is 5.57 Å². The number of fused-ring (bicyclic) bond motifs is 1. The van der Waals surface area contributed by atoms with Crippen LogP contribution in [0.3, 0.4) is 0 Å². The molecular weight excluding hydrogens is 380 g/mol. The molecule has 4 atom stereocenters. The van der Waals surface area contributed by atoms with Crippen molar-refractivity contribution in [2.24, 2.45) is 5.92 Å². The van der Waals surface area contributed by atoms with Gasteiger partial charge in [-0.3, -0.25) is 9.59 Å². The summed E-state index contributed by atoms with van der Waals surface area (Å²) in [5.41, 5.74) is 1.03. The summed E-state index contributed by atoms with van der Waals surface area (Å²) in [7, 11) is 0. The summed E-state index contributed by atoms with van der Waals surface area (Å²) in [5, 5.41) is 10.9. The van der Waals surface area contributed by atoms with Gasteiger partial charge in [-0.25, -0.2) is 9.59 Å². The molecule has 1 heterocycles. The smallest absolute Gasteiger partial charge is 0.338 e. The number of allylic oxidation sites excluding steroid dienone is 1. The highest BCUT2D eigenvalue weighted by atomic mass is 16.6. The van der Waals surface area contributed by atoms with Gasteiger partial charge < -0.3 is 19.3 Å². The van der Waals surface area contributed by atoms with E-state index < -0.39 is 48.7 Å². The average molecular weight is 406 g/mol. The highest BCUT2D eigenvalue weighted by Crippen LogP contribution is 2.34. The van der Waals surface area contributed by atoms with Crippen LogP contribution in [0.5, 0.6) is 0 Å². The molecule has 8 nitrogen and oxygen atoms in total. The normalized spacial score (nSPS) is 29.3. The van der Waals surface area contributed by atoms with Gasteiger partial charge in [0.2, 0.25) is 0 Å². The van der Waals surface area contributed by atoms with E-state index in [0.717, 1.165) is 5.57 Å². The second-order valence-corrected chi connectivity index (χ2v) is 7.40. The maximum absolute atomic E-state index is 12.5. The molecule has 0 unspecified atom stereocenters. The van der Waals surface area contributed by atoms with Crippen LogP contribution in [0.4, 0.5) is 0 Å². The van der Waals surface area contributed by atoms with Crippen molar-refractivity contribution < 1.29 is 38.5 Å². The Bertz CT molecular complexity index is 803. The summed E-state index contributed by atoms with van der Waals surface area (Å²) < 4.78 is 15.8.